The second-order valence-electron chi connectivity index (χ2n) is 3.18. The van der Waals surface area contributed by atoms with Gasteiger partial charge < -0.3 is 5.73 Å². The average molecular weight is 194 g/mol. The quantitative estimate of drug-likeness (QED) is 0.741. The van der Waals surface area contributed by atoms with Crippen molar-refractivity contribution in [1.82, 2.24) is 4.90 Å². The third-order valence-electron chi connectivity index (χ3n) is 1.90. The Morgan fingerprint density at radius 2 is 1.85 bits per heavy atom. The van der Waals surface area contributed by atoms with E-state index in [-0.39, 0.29) is 6.04 Å². The van der Waals surface area contributed by atoms with Crippen LogP contribution in [0.4, 0.5) is 0 Å². The van der Waals surface area contributed by atoms with E-state index >= 15 is 0 Å². The van der Waals surface area contributed by atoms with Crippen molar-refractivity contribution in [3.8, 4) is 0 Å². The maximum Gasteiger partial charge on any atom is 0.0948 e. The van der Waals surface area contributed by atoms with Crippen molar-refractivity contribution >= 4 is 17.2 Å². The van der Waals surface area contributed by atoms with Crippen LogP contribution in [0.15, 0.2) is 30.3 Å². The summed E-state index contributed by atoms with van der Waals surface area (Å²) in [5.74, 6) is 0. The van der Waals surface area contributed by atoms with Crippen LogP contribution in [0, 0.1) is 0 Å². The van der Waals surface area contributed by atoms with Gasteiger partial charge in [-0.25, -0.2) is 0 Å². The molecule has 1 atom stereocenters. The molecule has 0 saturated heterocycles. The lowest BCUT2D eigenvalue weighted by Crippen LogP contribution is -2.31. The lowest BCUT2D eigenvalue weighted by Gasteiger charge is -2.23. The maximum absolute atomic E-state index is 5.66. The maximum atomic E-state index is 5.66. The highest BCUT2D eigenvalue weighted by Crippen LogP contribution is 2.17. The molecule has 0 fully saturated rings. The molecule has 0 aliphatic heterocycles. The molecule has 13 heavy (non-hydrogen) atoms. The van der Waals surface area contributed by atoms with Crippen molar-refractivity contribution in [2.75, 3.05) is 14.1 Å². The van der Waals surface area contributed by atoms with Gasteiger partial charge >= 0.3 is 0 Å². The molecular weight excluding hydrogens is 180 g/mol. The minimum absolute atomic E-state index is 0.0381. The van der Waals surface area contributed by atoms with Crippen LogP contribution in [0.2, 0.25) is 0 Å². The molecule has 0 amide bonds. The number of hydrogen-bond donors (Lipinski definition) is 1. The summed E-state index contributed by atoms with van der Waals surface area (Å²) in [6, 6.07) is 10.1. The normalized spacial score (nSPS) is 12.8. The number of nitrogens with zero attached hydrogens (tertiary/aromatic N) is 1. The Labute approximate surface area is 84.3 Å². The summed E-state index contributed by atoms with van der Waals surface area (Å²) in [5, 5.41) is 0. The van der Waals surface area contributed by atoms with Gasteiger partial charge in [-0.3, -0.25) is 4.90 Å². The third kappa shape index (κ3) is 2.50. The van der Waals surface area contributed by atoms with Crippen molar-refractivity contribution in [2.24, 2.45) is 5.73 Å². The largest absolute Gasteiger partial charge is 0.392 e. The van der Waals surface area contributed by atoms with Gasteiger partial charge in [0.05, 0.1) is 11.0 Å². The predicted octanol–water partition coefficient (Wildman–Crippen LogP) is 1.58. The second kappa shape index (κ2) is 4.35. The van der Waals surface area contributed by atoms with Gasteiger partial charge in [0, 0.05) is 0 Å². The number of benzene rings is 1. The lowest BCUT2D eigenvalue weighted by molar-refractivity contribution is 0.371. The number of likely N-dealkylation sites (N-methyl/N-ethyl adjacent to an activating group) is 1. The third-order valence-corrected chi connectivity index (χ3v) is 2.12. The van der Waals surface area contributed by atoms with E-state index < -0.39 is 0 Å². The predicted molar refractivity (Wildman–Crippen MR) is 59.7 cm³/mol. The summed E-state index contributed by atoms with van der Waals surface area (Å²) < 4.78 is 0. The van der Waals surface area contributed by atoms with Crippen molar-refractivity contribution in [1.29, 1.82) is 0 Å². The summed E-state index contributed by atoms with van der Waals surface area (Å²) in [7, 11) is 3.94. The van der Waals surface area contributed by atoms with Crippen molar-refractivity contribution in [3.05, 3.63) is 35.9 Å². The Kier molecular flexibility index (Phi) is 3.39. The van der Waals surface area contributed by atoms with Gasteiger partial charge in [-0.05, 0) is 19.7 Å². The zero-order valence-electron chi connectivity index (χ0n) is 7.90. The van der Waals surface area contributed by atoms with Gasteiger partial charge in [-0.15, -0.1) is 0 Å². The van der Waals surface area contributed by atoms with Gasteiger partial charge in [-0.1, -0.05) is 42.5 Å². The summed E-state index contributed by atoms with van der Waals surface area (Å²) in [4.78, 5) is 2.52. The molecule has 2 N–H and O–H groups in total. The standard InChI is InChI=1S/C10H14N2S/c1-12(2)9(10(11)13)8-6-4-3-5-7-8/h3-7,9H,1-2H3,(H2,11,13). The fourth-order valence-corrected chi connectivity index (χ4v) is 1.70. The van der Waals surface area contributed by atoms with E-state index in [1.807, 2.05) is 49.3 Å². The van der Waals surface area contributed by atoms with E-state index in [0.29, 0.717) is 4.99 Å². The SMILES string of the molecule is CN(C)C(C(N)=S)c1ccccc1. The Morgan fingerprint density at radius 3 is 2.23 bits per heavy atom. The van der Waals surface area contributed by atoms with Crippen LogP contribution in [-0.4, -0.2) is 24.0 Å². The van der Waals surface area contributed by atoms with Crippen LogP contribution >= 0.6 is 12.2 Å². The molecule has 3 heteroatoms. The smallest absolute Gasteiger partial charge is 0.0948 e. The molecule has 0 heterocycles. The van der Waals surface area contributed by atoms with Crippen LogP contribution in [0.25, 0.3) is 0 Å². The molecule has 1 aromatic carbocycles. The Morgan fingerprint density at radius 1 is 1.31 bits per heavy atom. The average Bonchev–Trinajstić information content (AvgIpc) is 2.04. The first-order valence-corrected chi connectivity index (χ1v) is 4.54. The minimum atomic E-state index is 0.0381. The van der Waals surface area contributed by atoms with Crippen LogP contribution in [-0.2, 0) is 0 Å². The Balaban J connectivity index is 2.96. The van der Waals surface area contributed by atoms with Gasteiger partial charge in [-0.2, -0.15) is 0 Å². The molecule has 70 valence electrons. The van der Waals surface area contributed by atoms with Crippen LogP contribution in [0.1, 0.15) is 11.6 Å². The fraction of sp³-hybridized carbons (Fsp3) is 0.300. The molecule has 0 spiro atoms. The van der Waals surface area contributed by atoms with E-state index in [2.05, 4.69) is 0 Å². The van der Waals surface area contributed by atoms with E-state index in [1.165, 1.54) is 0 Å². The highest BCUT2D eigenvalue weighted by atomic mass is 32.1. The first-order valence-electron chi connectivity index (χ1n) is 4.13. The molecule has 0 aromatic heterocycles. The van der Waals surface area contributed by atoms with Crippen molar-refractivity contribution in [3.63, 3.8) is 0 Å². The minimum Gasteiger partial charge on any atom is -0.392 e. The van der Waals surface area contributed by atoms with Gasteiger partial charge in [0.2, 0.25) is 0 Å². The van der Waals surface area contributed by atoms with E-state index in [9.17, 15) is 0 Å². The zero-order valence-corrected chi connectivity index (χ0v) is 8.71. The molecule has 1 aromatic rings. The van der Waals surface area contributed by atoms with Gasteiger partial charge in [0.15, 0.2) is 0 Å². The topological polar surface area (TPSA) is 29.3 Å². The first-order chi connectivity index (χ1) is 6.13. The van der Waals surface area contributed by atoms with Gasteiger partial charge in [0.25, 0.3) is 0 Å². The molecule has 0 aliphatic carbocycles. The highest BCUT2D eigenvalue weighted by molar-refractivity contribution is 7.80. The van der Waals surface area contributed by atoms with Crippen LogP contribution < -0.4 is 5.73 Å². The van der Waals surface area contributed by atoms with Crippen LogP contribution in [0.3, 0.4) is 0 Å². The van der Waals surface area contributed by atoms with Crippen molar-refractivity contribution in [2.45, 2.75) is 6.04 Å². The first kappa shape index (κ1) is 10.2. The molecular formula is C10H14N2S. The van der Waals surface area contributed by atoms with Crippen molar-refractivity contribution < 1.29 is 0 Å². The van der Waals surface area contributed by atoms with Crippen LogP contribution in [0.5, 0.6) is 0 Å². The summed E-state index contributed by atoms with van der Waals surface area (Å²) >= 11 is 5.01. The second-order valence-corrected chi connectivity index (χ2v) is 3.65. The number of thiocarbonyl (C=S) groups is 1. The summed E-state index contributed by atoms with van der Waals surface area (Å²) in [6.45, 7) is 0. The molecule has 0 bridgehead atoms. The molecule has 0 radical (unpaired) electrons. The Hall–Kier alpha value is -0.930. The lowest BCUT2D eigenvalue weighted by atomic mass is 10.1. The fourth-order valence-electron chi connectivity index (χ4n) is 1.35. The van der Waals surface area contributed by atoms with Gasteiger partial charge in [0.1, 0.15) is 0 Å². The Bertz CT molecular complexity index is 282. The zero-order chi connectivity index (χ0) is 9.84. The highest BCUT2D eigenvalue weighted by Gasteiger charge is 2.15. The summed E-state index contributed by atoms with van der Waals surface area (Å²) in [6.07, 6.45) is 0. The molecule has 1 rings (SSSR count). The van der Waals surface area contributed by atoms with E-state index in [4.69, 9.17) is 18.0 Å². The number of rotatable bonds is 3. The monoisotopic (exact) mass is 194 g/mol. The summed E-state index contributed by atoms with van der Waals surface area (Å²) in [5.41, 5.74) is 6.80. The molecule has 0 saturated carbocycles. The molecule has 1 unspecified atom stereocenters. The molecule has 2 nitrogen and oxygen atoms in total. The number of hydrogen-bond acceptors (Lipinski definition) is 2. The van der Waals surface area contributed by atoms with E-state index in [1.54, 1.807) is 0 Å². The van der Waals surface area contributed by atoms with E-state index in [0.717, 1.165) is 5.56 Å². The number of nitrogens with two attached hydrogens (primary N) is 1. The molecule has 0 aliphatic rings.